The first-order valence-electron chi connectivity index (χ1n) is 4.16. The van der Waals surface area contributed by atoms with Crippen LogP contribution in [0.1, 0.15) is 11.1 Å². The Morgan fingerprint density at radius 3 is 2.53 bits per heavy atom. The van der Waals surface area contributed by atoms with Crippen molar-refractivity contribution in [3.8, 4) is 5.75 Å². The number of alkyl halides is 3. The topological polar surface area (TPSA) is 47.3 Å². The van der Waals surface area contributed by atoms with E-state index in [2.05, 4.69) is 5.43 Å². The molecule has 0 spiro atoms. The highest BCUT2D eigenvalue weighted by Crippen LogP contribution is 2.34. The second-order valence-electron chi connectivity index (χ2n) is 2.90. The van der Waals surface area contributed by atoms with Gasteiger partial charge in [0.15, 0.2) is 0 Å². The first-order valence-corrected chi connectivity index (χ1v) is 4.16. The summed E-state index contributed by atoms with van der Waals surface area (Å²) < 4.78 is 42.4. The molecule has 0 unspecified atom stereocenters. The highest BCUT2D eigenvalue weighted by Gasteiger charge is 2.33. The molecule has 6 heteroatoms. The lowest BCUT2D eigenvalue weighted by atomic mass is 10.1. The van der Waals surface area contributed by atoms with E-state index in [1.165, 1.54) is 19.2 Å². The third-order valence-corrected chi connectivity index (χ3v) is 1.91. The first-order chi connectivity index (χ1) is 6.99. The molecular formula is C9H11F3N2O. The molecular weight excluding hydrogens is 209 g/mol. The van der Waals surface area contributed by atoms with E-state index in [1.807, 2.05) is 0 Å². The van der Waals surface area contributed by atoms with Gasteiger partial charge in [-0.1, -0.05) is 6.07 Å². The molecule has 0 radical (unpaired) electrons. The van der Waals surface area contributed by atoms with Crippen LogP contribution in [-0.4, -0.2) is 7.11 Å². The van der Waals surface area contributed by atoms with Crippen LogP contribution in [0, 0.1) is 0 Å². The first kappa shape index (κ1) is 11.8. The monoisotopic (exact) mass is 220 g/mol. The number of hydrogen-bond acceptors (Lipinski definition) is 3. The van der Waals surface area contributed by atoms with Crippen LogP contribution in [0.25, 0.3) is 0 Å². The minimum Gasteiger partial charge on any atom is -0.497 e. The summed E-state index contributed by atoms with van der Waals surface area (Å²) >= 11 is 0. The summed E-state index contributed by atoms with van der Waals surface area (Å²) in [6.45, 7) is -0.0428. The van der Waals surface area contributed by atoms with Crippen LogP contribution in [0.2, 0.25) is 0 Å². The molecule has 0 bridgehead atoms. The van der Waals surface area contributed by atoms with Crippen molar-refractivity contribution in [1.82, 2.24) is 5.43 Å². The molecule has 3 nitrogen and oxygen atoms in total. The maximum Gasteiger partial charge on any atom is 0.416 e. The van der Waals surface area contributed by atoms with Gasteiger partial charge in [-0.2, -0.15) is 13.2 Å². The van der Waals surface area contributed by atoms with Gasteiger partial charge in [0, 0.05) is 6.54 Å². The van der Waals surface area contributed by atoms with Crippen LogP contribution < -0.4 is 16.0 Å². The Hall–Kier alpha value is -1.27. The fraction of sp³-hybridized carbons (Fsp3) is 0.333. The lowest BCUT2D eigenvalue weighted by Crippen LogP contribution is -2.23. The molecule has 0 aliphatic heterocycles. The summed E-state index contributed by atoms with van der Waals surface area (Å²) in [6.07, 6.45) is -4.40. The predicted molar refractivity (Wildman–Crippen MR) is 49.0 cm³/mol. The van der Waals surface area contributed by atoms with E-state index in [0.717, 1.165) is 6.07 Å². The normalized spacial score (nSPS) is 11.5. The highest BCUT2D eigenvalue weighted by molar-refractivity contribution is 5.37. The maximum absolute atomic E-state index is 12.6. The van der Waals surface area contributed by atoms with Gasteiger partial charge in [0.05, 0.1) is 12.7 Å². The van der Waals surface area contributed by atoms with Crippen LogP contribution in [0.5, 0.6) is 5.75 Å². The van der Waals surface area contributed by atoms with Crippen molar-refractivity contribution in [3.05, 3.63) is 29.3 Å². The predicted octanol–water partition coefficient (Wildman–Crippen LogP) is 1.68. The van der Waals surface area contributed by atoms with Crippen molar-refractivity contribution >= 4 is 0 Å². The van der Waals surface area contributed by atoms with Crippen molar-refractivity contribution in [2.24, 2.45) is 5.84 Å². The minimum absolute atomic E-state index is 0.0428. The van der Waals surface area contributed by atoms with E-state index < -0.39 is 11.7 Å². The number of ether oxygens (including phenoxy) is 1. The zero-order valence-corrected chi connectivity index (χ0v) is 8.06. The Balaban J connectivity index is 3.16. The standard InChI is InChI=1S/C9H11F3N2O/c1-15-7-3-2-6(5-14-13)8(4-7)9(10,11)12/h2-4,14H,5,13H2,1H3. The lowest BCUT2D eigenvalue weighted by molar-refractivity contribution is -0.138. The fourth-order valence-corrected chi connectivity index (χ4v) is 1.21. The van der Waals surface area contributed by atoms with Crippen molar-refractivity contribution in [3.63, 3.8) is 0 Å². The third-order valence-electron chi connectivity index (χ3n) is 1.91. The molecule has 15 heavy (non-hydrogen) atoms. The number of benzene rings is 1. The van der Waals surface area contributed by atoms with E-state index in [1.54, 1.807) is 0 Å². The van der Waals surface area contributed by atoms with Crippen LogP contribution in [0.15, 0.2) is 18.2 Å². The van der Waals surface area contributed by atoms with Crippen molar-refractivity contribution in [1.29, 1.82) is 0 Å². The second kappa shape index (κ2) is 4.50. The molecule has 0 aromatic heterocycles. The van der Waals surface area contributed by atoms with Crippen molar-refractivity contribution in [2.75, 3.05) is 7.11 Å². The summed E-state index contributed by atoms with van der Waals surface area (Å²) in [7, 11) is 1.32. The Morgan fingerprint density at radius 2 is 2.07 bits per heavy atom. The number of halogens is 3. The van der Waals surface area contributed by atoms with Crippen molar-refractivity contribution < 1.29 is 17.9 Å². The van der Waals surface area contributed by atoms with E-state index in [0.29, 0.717) is 0 Å². The zero-order valence-electron chi connectivity index (χ0n) is 8.06. The fourth-order valence-electron chi connectivity index (χ4n) is 1.21. The van der Waals surface area contributed by atoms with Gasteiger partial charge >= 0.3 is 6.18 Å². The van der Waals surface area contributed by atoms with Gasteiger partial charge in [-0.15, -0.1) is 0 Å². The molecule has 0 amide bonds. The highest BCUT2D eigenvalue weighted by atomic mass is 19.4. The summed E-state index contributed by atoms with van der Waals surface area (Å²) in [4.78, 5) is 0. The molecule has 0 saturated carbocycles. The van der Waals surface area contributed by atoms with Gasteiger partial charge in [0.2, 0.25) is 0 Å². The molecule has 0 aliphatic carbocycles. The van der Waals surface area contributed by atoms with Crippen LogP contribution in [-0.2, 0) is 12.7 Å². The number of rotatable bonds is 3. The number of methoxy groups -OCH3 is 1. The third kappa shape index (κ3) is 2.84. The Morgan fingerprint density at radius 1 is 1.40 bits per heavy atom. The maximum atomic E-state index is 12.6. The van der Waals surface area contributed by atoms with E-state index in [4.69, 9.17) is 10.6 Å². The van der Waals surface area contributed by atoms with Crippen molar-refractivity contribution in [2.45, 2.75) is 12.7 Å². The summed E-state index contributed by atoms with van der Waals surface area (Å²) in [5.41, 5.74) is 1.55. The van der Waals surface area contributed by atoms with Crippen LogP contribution >= 0.6 is 0 Å². The van der Waals surface area contributed by atoms with E-state index >= 15 is 0 Å². The molecule has 84 valence electrons. The minimum atomic E-state index is -4.40. The number of hydrogen-bond donors (Lipinski definition) is 2. The number of nitrogens with one attached hydrogen (secondary N) is 1. The molecule has 0 aliphatic rings. The smallest absolute Gasteiger partial charge is 0.416 e. The molecule has 1 aromatic rings. The largest absolute Gasteiger partial charge is 0.497 e. The Kier molecular flexibility index (Phi) is 3.54. The quantitative estimate of drug-likeness (QED) is 0.601. The second-order valence-corrected chi connectivity index (χ2v) is 2.90. The average Bonchev–Trinajstić information content (AvgIpc) is 2.17. The Bertz CT molecular complexity index is 339. The SMILES string of the molecule is COc1ccc(CNN)c(C(F)(F)F)c1. The van der Waals surface area contributed by atoms with Gasteiger partial charge in [-0.05, 0) is 17.7 Å². The molecule has 1 rings (SSSR count). The summed E-state index contributed by atoms with van der Waals surface area (Å²) in [6, 6.07) is 3.75. The Labute approximate surface area is 85.0 Å². The van der Waals surface area contributed by atoms with Crippen LogP contribution in [0.3, 0.4) is 0 Å². The molecule has 0 saturated heterocycles. The van der Waals surface area contributed by atoms with Gasteiger partial charge in [-0.3, -0.25) is 11.3 Å². The van der Waals surface area contributed by atoms with Crippen LogP contribution in [0.4, 0.5) is 13.2 Å². The zero-order chi connectivity index (χ0) is 11.5. The molecule has 0 heterocycles. The van der Waals surface area contributed by atoms with E-state index in [-0.39, 0.29) is 17.9 Å². The summed E-state index contributed by atoms with van der Waals surface area (Å²) in [5, 5.41) is 0. The molecule has 0 atom stereocenters. The molecule has 3 N–H and O–H groups in total. The van der Waals surface area contributed by atoms with E-state index in [9.17, 15) is 13.2 Å². The van der Waals surface area contributed by atoms with Gasteiger partial charge < -0.3 is 4.74 Å². The number of hydrazine groups is 1. The van der Waals surface area contributed by atoms with Gasteiger partial charge in [0.1, 0.15) is 5.75 Å². The number of nitrogens with two attached hydrogens (primary N) is 1. The lowest BCUT2D eigenvalue weighted by Gasteiger charge is -2.13. The molecule has 0 fully saturated rings. The van der Waals surface area contributed by atoms with Gasteiger partial charge in [-0.25, -0.2) is 0 Å². The summed E-state index contributed by atoms with van der Waals surface area (Å²) in [5.74, 6) is 5.16. The molecule has 1 aromatic carbocycles. The van der Waals surface area contributed by atoms with Gasteiger partial charge in [0.25, 0.3) is 0 Å². The average molecular weight is 220 g/mol.